The average Bonchev–Trinajstić information content (AvgIpc) is 2.05. The highest BCUT2D eigenvalue weighted by atomic mass is 15.1. The van der Waals surface area contributed by atoms with Crippen LogP contribution in [0.2, 0.25) is 0 Å². The van der Waals surface area contributed by atoms with Crippen LogP contribution in [0.3, 0.4) is 0 Å². The summed E-state index contributed by atoms with van der Waals surface area (Å²) in [6, 6.07) is 0. The third kappa shape index (κ3) is 6.83. The minimum atomic E-state index is 0.189. The zero-order valence-electron chi connectivity index (χ0n) is 7.30. The van der Waals surface area contributed by atoms with Crippen molar-refractivity contribution in [1.82, 2.24) is 10.6 Å². The van der Waals surface area contributed by atoms with Crippen LogP contribution in [-0.2, 0) is 0 Å². The second-order valence-electron chi connectivity index (χ2n) is 2.23. The van der Waals surface area contributed by atoms with Crippen molar-refractivity contribution in [3.05, 3.63) is 0 Å². The molecule has 68 valence electrons. The molecule has 0 saturated carbocycles. The molecule has 0 saturated heterocycles. The van der Waals surface area contributed by atoms with Crippen LogP contribution in [0.15, 0.2) is 4.99 Å². The van der Waals surface area contributed by atoms with Crippen LogP contribution < -0.4 is 16.4 Å². The van der Waals surface area contributed by atoms with E-state index in [4.69, 9.17) is 11.0 Å². The Kier molecular flexibility index (Phi) is 6.99. The molecule has 4 N–H and O–H groups in total. The second-order valence-corrected chi connectivity index (χ2v) is 2.23. The average molecular weight is 169 g/mol. The normalized spacial score (nSPS) is 10.8. The molecule has 0 amide bonds. The number of guanidine groups is 1. The number of nitrogens with one attached hydrogen (secondary N) is 2. The lowest BCUT2D eigenvalue weighted by molar-refractivity contribution is 0.660. The summed E-state index contributed by atoms with van der Waals surface area (Å²) in [6.45, 7) is 4.72. The van der Waals surface area contributed by atoms with Crippen LogP contribution in [0.4, 0.5) is 0 Å². The van der Waals surface area contributed by atoms with E-state index in [0.717, 1.165) is 26.1 Å². The van der Waals surface area contributed by atoms with Gasteiger partial charge in [0.25, 0.3) is 0 Å². The van der Waals surface area contributed by atoms with Crippen molar-refractivity contribution in [3.8, 4) is 6.19 Å². The lowest BCUT2D eigenvalue weighted by atomic mass is 10.4. The van der Waals surface area contributed by atoms with Gasteiger partial charge in [-0.25, -0.2) is 0 Å². The van der Waals surface area contributed by atoms with Crippen molar-refractivity contribution in [2.45, 2.75) is 13.3 Å². The minimum absolute atomic E-state index is 0.189. The van der Waals surface area contributed by atoms with Crippen LogP contribution in [0.5, 0.6) is 0 Å². The van der Waals surface area contributed by atoms with Gasteiger partial charge in [0.15, 0.2) is 0 Å². The molecule has 0 aliphatic rings. The molecule has 0 aliphatic carbocycles. The topological polar surface area (TPSA) is 86.2 Å². The van der Waals surface area contributed by atoms with Crippen LogP contribution >= 0.6 is 0 Å². The summed E-state index contributed by atoms with van der Waals surface area (Å²) in [6.07, 6.45) is 2.57. The predicted molar refractivity (Wildman–Crippen MR) is 48.4 cm³/mol. The molecule has 0 rings (SSSR count). The Hall–Kier alpha value is -1.28. The molecule has 0 aromatic rings. The van der Waals surface area contributed by atoms with E-state index in [1.807, 2.05) is 0 Å². The van der Waals surface area contributed by atoms with E-state index < -0.39 is 0 Å². The Bertz CT molecular complexity index is 169. The fourth-order valence-corrected chi connectivity index (χ4v) is 0.700. The third-order valence-corrected chi connectivity index (χ3v) is 1.26. The van der Waals surface area contributed by atoms with Gasteiger partial charge >= 0.3 is 0 Å². The standard InChI is InChI=1S/C7H15N5/c1-2-10-4-3-5-11-7(9)12-6-8/h10H,2-5H2,1H3,(H3,9,11,12). The molecular formula is C7H15N5. The van der Waals surface area contributed by atoms with Gasteiger partial charge in [-0.2, -0.15) is 5.26 Å². The van der Waals surface area contributed by atoms with Gasteiger partial charge in [-0.3, -0.25) is 0 Å². The number of hydrogen-bond donors (Lipinski definition) is 3. The number of nitrogens with two attached hydrogens (primary N) is 1. The summed E-state index contributed by atoms with van der Waals surface area (Å²) < 4.78 is 0. The Balaban J connectivity index is 3.21. The molecule has 0 fully saturated rings. The molecule has 0 heterocycles. The highest BCUT2D eigenvalue weighted by molar-refractivity contribution is 5.78. The Morgan fingerprint density at radius 3 is 2.92 bits per heavy atom. The third-order valence-electron chi connectivity index (χ3n) is 1.26. The smallest absolute Gasteiger partial charge is 0.209 e. The molecule has 0 aliphatic heterocycles. The Labute approximate surface area is 72.7 Å². The van der Waals surface area contributed by atoms with E-state index in [2.05, 4.69) is 22.5 Å². The van der Waals surface area contributed by atoms with E-state index in [0.29, 0.717) is 0 Å². The van der Waals surface area contributed by atoms with Crippen LogP contribution in [-0.4, -0.2) is 25.6 Å². The summed E-state index contributed by atoms with van der Waals surface area (Å²) in [4.78, 5) is 3.31. The van der Waals surface area contributed by atoms with Gasteiger partial charge in [-0.1, -0.05) is 6.92 Å². The van der Waals surface area contributed by atoms with E-state index in [1.165, 1.54) is 0 Å². The maximum absolute atomic E-state index is 8.11. The fraction of sp³-hybridized carbons (Fsp3) is 0.714. The molecular weight excluding hydrogens is 154 g/mol. The number of rotatable bonds is 5. The molecule has 0 spiro atoms. The maximum Gasteiger partial charge on any atom is 0.209 e. The molecule has 0 radical (unpaired) electrons. The summed E-state index contributed by atoms with van der Waals surface area (Å²) in [5, 5.41) is 14.1. The molecule has 12 heavy (non-hydrogen) atoms. The number of nitriles is 1. The van der Waals surface area contributed by atoms with Crippen molar-refractivity contribution < 1.29 is 0 Å². The Morgan fingerprint density at radius 1 is 1.58 bits per heavy atom. The van der Waals surface area contributed by atoms with Gasteiger partial charge in [-0.05, 0) is 19.5 Å². The van der Waals surface area contributed by atoms with Gasteiger partial charge < -0.3 is 16.4 Å². The van der Waals surface area contributed by atoms with E-state index in [1.54, 1.807) is 6.19 Å². The number of aliphatic imine (C=N–C) groups is 1. The Morgan fingerprint density at radius 2 is 2.33 bits per heavy atom. The van der Waals surface area contributed by atoms with Gasteiger partial charge in [0.05, 0.1) is 0 Å². The molecule has 0 bridgehead atoms. The molecule has 0 unspecified atom stereocenters. The number of hydrogen-bond acceptors (Lipinski definition) is 3. The quantitative estimate of drug-likeness (QED) is 0.221. The first kappa shape index (κ1) is 10.7. The maximum atomic E-state index is 8.11. The van der Waals surface area contributed by atoms with E-state index in [-0.39, 0.29) is 5.96 Å². The lowest BCUT2D eigenvalue weighted by Crippen LogP contribution is -2.33. The highest BCUT2D eigenvalue weighted by Crippen LogP contribution is 1.72. The van der Waals surface area contributed by atoms with Gasteiger partial charge in [0, 0.05) is 6.54 Å². The van der Waals surface area contributed by atoms with Crippen LogP contribution in [0.25, 0.3) is 0 Å². The van der Waals surface area contributed by atoms with Crippen molar-refractivity contribution in [3.63, 3.8) is 0 Å². The van der Waals surface area contributed by atoms with Crippen molar-refractivity contribution in [2.75, 3.05) is 19.6 Å². The van der Waals surface area contributed by atoms with Gasteiger partial charge in [0.1, 0.15) is 0 Å². The summed E-state index contributed by atoms with van der Waals surface area (Å²) in [5.74, 6) is 0.189. The largest absolute Gasteiger partial charge is 0.369 e. The SMILES string of the molecule is CCNCCCN/C(N)=N\C#N. The van der Waals surface area contributed by atoms with Crippen molar-refractivity contribution in [2.24, 2.45) is 10.7 Å². The van der Waals surface area contributed by atoms with Crippen molar-refractivity contribution in [1.29, 1.82) is 5.26 Å². The molecule has 5 nitrogen and oxygen atoms in total. The van der Waals surface area contributed by atoms with E-state index >= 15 is 0 Å². The summed E-state index contributed by atoms with van der Waals surface area (Å²) in [5.41, 5.74) is 5.29. The van der Waals surface area contributed by atoms with Gasteiger partial charge in [-0.15, -0.1) is 4.99 Å². The fourth-order valence-electron chi connectivity index (χ4n) is 0.700. The zero-order chi connectivity index (χ0) is 9.23. The molecule has 0 aromatic heterocycles. The first-order chi connectivity index (χ1) is 5.81. The van der Waals surface area contributed by atoms with Gasteiger partial charge in [0.2, 0.25) is 12.2 Å². The first-order valence-corrected chi connectivity index (χ1v) is 3.98. The lowest BCUT2D eigenvalue weighted by Gasteiger charge is -2.03. The molecule has 0 atom stereocenters. The van der Waals surface area contributed by atoms with Crippen LogP contribution in [0, 0.1) is 11.5 Å². The zero-order valence-corrected chi connectivity index (χ0v) is 7.30. The summed E-state index contributed by atoms with van der Waals surface area (Å²) in [7, 11) is 0. The molecule has 5 heteroatoms. The molecule has 0 aromatic carbocycles. The van der Waals surface area contributed by atoms with E-state index in [9.17, 15) is 0 Å². The second kappa shape index (κ2) is 7.82. The van der Waals surface area contributed by atoms with Crippen LogP contribution in [0.1, 0.15) is 13.3 Å². The van der Waals surface area contributed by atoms with Crippen molar-refractivity contribution >= 4 is 5.96 Å². The predicted octanol–water partition coefficient (Wildman–Crippen LogP) is -0.629. The minimum Gasteiger partial charge on any atom is -0.369 e. The number of nitrogens with zero attached hydrogens (tertiary/aromatic N) is 2. The monoisotopic (exact) mass is 169 g/mol. The summed E-state index contributed by atoms with van der Waals surface area (Å²) >= 11 is 0. The first-order valence-electron chi connectivity index (χ1n) is 3.98. The highest BCUT2D eigenvalue weighted by Gasteiger charge is 1.89.